The normalized spacial score (nSPS) is 13.4. The number of nitrogens with zero attached hydrogens (tertiary/aromatic N) is 2. The van der Waals surface area contributed by atoms with Crippen molar-refractivity contribution in [2.45, 2.75) is 90.1 Å². The molecule has 3 atom stereocenters. The first-order chi connectivity index (χ1) is 20.7. The number of anilines is 1. The number of nitrogen functional groups attached to an aromatic ring is 1. The molecule has 2 heterocycles. The number of aliphatic hydroxyl groups is 2. The van der Waals surface area contributed by atoms with E-state index in [1.54, 1.807) is 30.5 Å². The van der Waals surface area contributed by atoms with Crippen LogP contribution in [0.3, 0.4) is 0 Å². The van der Waals surface area contributed by atoms with Gasteiger partial charge in [0.25, 0.3) is 0 Å². The molecule has 0 fully saturated rings. The Morgan fingerprint density at radius 1 is 1.00 bits per heavy atom. The van der Waals surface area contributed by atoms with Gasteiger partial charge in [0, 0.05) is 37.1 Å². The molecule has 0 amide bonds. The maximum absolute atomic E-state index is 12.8. The SMILES string of the molecule is CCCCCCCC(=O)C(O)C(=O)CCc1cc(OC)c(O)c(C(c2ccnc(N)c2)C(CO)Cc2ccc(CC)[n-]2)c1. The molecule has 0 aliphatic rings. The molecule has 0 aliphatic heterocycles. The predicted octanol–water partition coefficient (Wildman–Crippen LogP) is 4.67. The highest BCUT2D eigenvalue weighted by atomic mass is 16.5. The molecule has 5 N–H and O–H groups in total. The van der Waals surface area contributed by atoms with Crippen LogP contribution in [-0.2, 0) is 28.9 Å². The first-order valence-electron chi connectivity index (χ1n) is 15.3. The number of benzene rings is 1. The number of carbonyl (C=O) groups excluding carboxylic acids is 2. The third kappa shape index (κ3) is 9.40. The number of carbonyl (C=O) groups is 2. The topological polar surface area (TPSA) is 157 Å². The van der Waals surface area contributed by atoms with Gasteiger partial charge in [0.1, 0.15) is 5.82 Å². The summed E-state index contributed by atoms with van der Waals surface area (Å²) in [5.74, 6) is -1.44. The van der Waals surface area contributed by atoms with Crippen LogP contribution in [0.5, 0.6) is 11.5 Å². The summed E-state index contributed by atoms with van der Waals surface area (Å²) in [4.78, 5) is 34.0. The Morgan fingerprint density at radius 2 is 1.72 bits per heavy atom. The van der Waals surface area contributed by atoms with E-state index in [-0.39, 0.29) is 43.3 Å². The van der Waals surface area contributed by atoms with Gasteiger partial charge in [0.15, 0.2) is 29.2 Å². The molecule has 3 unspecified atom stereocenters. The number of pyridine rings is 1. The fraction of sp³-hybridized carbons (Fsp3) is 0.500. The minimum atomic E-state index is -1.64. The summed E-state index contributed by atoms with van der Waals surface area (Å²) >= 11 is 0. The number of ether oxygens (including phenoxy) is 1. The maximum atomic E-state index is 12.8. The summed E-state index contributed by atoms with van der Waals surface area (Å²) in [5, 5.41) is 32.3. The number of hydrogen-bond donors (Lipinski definition) is 4. The monoisotopic (exact) mass is 592 g/mol. The number of aryl methyl sites for hydroxylation is 2. The maximum Gasteiger partial charge on any atom is 0.170 e. The van der Waals surface area contributed by atoms with Crippen LogP contribution in [0.1, 0.15) is 92.8 Å². The highest BCUT2D eigenvalue weighted by Gasteiger charge is 2.29. The quantitative estimate of drug-likeness (QED) is 0.115. The van der Waals surface area contributed by atoms with Crippen LogP contribution in [0.2, 0.25) is 0 Å². The highest BCUT2D eigenvalue weighted by Crippen LogP contribution is 2.43. The number of ketones is 2. The van der Waals surface area contributed by atoms with Gasteiger partial charge in [-0.2, -0.15) is 11.4 Å². The van der Waals surface area contributed by atoms with Crippen molar-refractivity contribution in [2.24, 2.45) is 5.92 Å². The average Bonchev–Trinajstić information content (AvgIpc) is 3.47. The molecule has 2 aromatic heterocycles. The molecule has 1 aromatic carbocycles. The highest BCUT2D eigenvalue weighted by molar-refractivity contribution is 6.05. The number of aliphatic hydroxyl groups excluding tert-OH is 2. The van der Waals surface area contributed by atoms with Gasteiger partial charge in [-0.25, -0.2) is 4.98 Å². The number of rotatable bonds is 19. The van der Waals surface area contributed by atoms with E-state index >= 15 is 0 Å². The van der Waals surface area contributed by atoms with Gasteiger partial charge in [-0.15, -0.1) is 0 Å². The smallest absolute Gasteiger partial charge is 0.170 e. The lowest BCUT2D eigenvalue weighted by Crippen LogP contribution is -2.30. The van der Waals surface area contributed by atoms with Crippen molar-refractivity contribution in [3.63, 3.8) is 0 Å². The number of unbranched alkanes of at least 4 members (excludes halogenated alkanes) is 4. The van der Waals surface area contributed by atoms with Crippen LogP contribution in [0.25, 0.3) is 0 Å². The second-order valence-corrected chi connectivity index (χ2v) is 11.2. The number of phenolic OH excluding ortho intramolecular Hbond substituents is 1. The number of methoxy groups -OCH3 is 1. The van der Waals surface area contributed by atoms with Gasteiger partial charge in [-0.3, -0.25) is 9.59 Å². The van der Waals surface area contributed by atoms with Gasteiger partial charge in [0.05, 0.1) is 7.11 Å². The zero-order valence-corrected chi connectivity index (χ0v) is 25.6. The zero-order valence-electron chi connectivity index (χ0n) is 25.6. The zero-order chi connectivity index (χ0) is 31.4. The summed E-state index contributed by atoms with van der Waals surface area (Å²) < 4.78 is 5.50. The second-order valence-electron chi connectivity index (χ2n) is 11.2. The number of hydrogen-bond acceptors (Lipinski definition) is 8. The number of nitrogens with two attached hydrogens (primary N) is 1. The van der Waals surface area contributed by atoms with Crippen LogP contribution < -0.4 is 15.5 Å². The number of Topliss-reactive ketones (excluding diaryl/α,β-unsaturated/α-hetero) is 2. The Morgan fingerprint density at radius 3 is 2.37 bits per heavy atom. The molecular formula is C34H46N3O6-. The van der Waals surface area contributed by atoms with Crippen LogP contribution in [-0.4, -0.2) is 51.7 Å². The van der Waals surface area contributed by atoms with Crippen LogP contribution in [0.15, 0.2) is 42.6 Å². The van der Waals surface area contributed by atoms with E-state index in [1.807, 2.05) is 19.1 Å². The number of aromatic nitrogens is 2. The first kappa shape index (κ1) is 33.8. The van der Waals surface area contributed by atoms with Crippen LogP contribution in [0, 0.1) is 5.92 Å². The first-order valence-corrected chi connectivity index (χ1v) is 15.3. The van der Waals surface area contributed by atoms with Crippen molar-refractivity contribution in [1.82, 2.24) is 9.97 Å². The van der Waals surface area contributed by atoms with Crippen molar-refractivity contribution >= 4 is 17.4 Å². The van der Waals surface area contributed by atoms with Crippen molar-refractivity contribution in [1.29, 1.82) is 0 Å². The van der Waals surface area contributed by atoms with Gasteiger partial charge in [0.2, 0.25) is 0 Å². The molecular weight excluding hydrogens is 546 g/mol. The Hall–Kier alpha value is -3.69. The van der Waals surface area contributed by atoms with E-state index in [0.29, 0.717) is 29.8 Å². The third-order valence-electron chi connectivity index (χ3n) is 7.98. The summed E-state index contributed by atoms with van der Waals surface area (Å²) in [7, 11) is 1.44. The average molecular weight is 593 g/mol. The molecule has 9 heteroatoms. The number of phenols is 1. The lowest BCUT2D eigenvalue weighted by molar-refractivity contribution is -0.138. The molecule has 0 radical (unpaired) electrons. The molecule has 0 spiro atoms. The molecule has 0 saturated heterocycles. The van der Waals surface area contributed by atoms with E-state index in [9.17, 15) is 24.9 Å². The predicted molar refractivity (Wildman–Crippen MR) is 166 cm³/mol. The Kier molecular flexibility index (Phi) is 13.2. The fourth-order valence-electron chi connectivity index (χ4n) is 5.53. The molecule has 3 aromatic rings. The van der Waals surface area contributed by atoms with Crippen molar-refractivity contribution < 1.29 is 29.6 Å². The lowest BCUT2D eigenvalue weighted by Gasteiger charge is -2.30. The van der Waals surface area contributed by atoms with E-state index in [4.69, 9.17) is 10.5 Å². The van der Waals surface area contributed by atoms with E-state index < -0.39 is 23.6 Å². The molecule has 0 aliphatic carbocycles. The molecule has 0 saturated carbocycles. The Labute approximate surface area is 254 Å². The van der Waals surface area contributed by atoms with E-state index in [1.165, 1.54) is 7.11 Å². The fourth-order valence-corrected chi connectivity index (χ4v) is 5.53. The largest absolute Gasteiger partial charge is 0.665 e. The van der Waals surface area contributed by atoms with Gasteiger partial charge in [-0.05, 0) is 54.5 Å². The summed E-state index contributed by atoms with van der Waals surface area (Å²) in [6.07, 6.45) is 6.35. The Balaban J connectivity index is 1.87. The molecule has 0 bridgehead atoms. The van der Waals surface area contributed by atoms with E-state index in [0.717, 1.165) is 49.1 Å². The third-order valence-corrected chi connectivity index (χ3v) is 7.98. The second kappa shape index (κ2) is 16.8. The molecule has 43 heavy (non-hydrogen) atoms. The van der Waals surface area contributed by atoms with Gasteiger partial charge in [-0.1, -0.05) is 64.2 Å². The van der Waals surface area contributed by atoms with Crippen LogP contribution in [0.4, 0.5) is 5.82 Å². The van der Waals surface area contributed by atoms with Gasteiger partial charge < -0.3 is 30.8 Å². The number of aromatic hydroxyl groups is 1. The van der Waals surface area contributed by atoms with Crippen LogP contribution >= 0.6 is 0 Å². The summed E-state index contributed by atoms with van der Waals surface area (Å²) in [6, 6.07) is 10.9. The Bertz CT molecular complexity index is 1340. The van der Waals surface area contributed by atoms with Crippen molar-refractivity contribution in [3.05, 3.63) is 70.7 Å². The molecule has 3 rings (SSSR count). The molecule has 9 nitrogen and oxygen atoms in total. The standard InChI is InChI=1S/C34H46N3O6/c1-4-6-7-8-9-10-28(39)34(42)29(40)14-11-22-17-27(33(41)30(18-22)43-3)32(23-15-16-36-31(35)20-23)24(21-38)19-26-13-12-25(5-2)37-26/h12-13,15-18,20,24,32,34,38,41-42H,4-11,14,19,21H2,1-3H3,(H2,35,36)/q-1. The summed E-state index contributed by atoms with van der Waals surface area (Å²) in [5.41, 5.74) is 9.76. The van der Waals surface area contributed by atoms with Crippen molar-refractivity contribution in [3.8, 4) is 11.5 Å². The van der Waals surface area contributed by atoms with Gasteiger partial charge >= 0.3 is 0 Å². The molecule has 234 valence electrons. The minimum absolute atomic E-state index is 0.0519. The summed E-state index contributed by atoms with van der Waals surface area (Å²) in [6.45, 7) is 3.95. The van der Waals surface area contributed by atoms with E-state index in [2.05, 4.69) is 16.9 Å². The van der Waals surface area contributed by atoms with Crippen molar-refractivity contribution in [2.75, 3.05) is 19.5 Å². The minimum Gasteiger partial charge on any atom is -0.665 e. The lowest BCUT2D eigenvalue weighted by atomic mass is 9.78.